The summed E-state index contributed by atoms with van der Waals surface area (Å²) in [5.74, 6) is 2.62. The van der Waals surface area contributed by atoms with Gasteiger partial charge in [0.15, 0.2) is 11.5 Å². The van der Waals surface area contributed by atoms with E-state index in [1.807, 2.05) is 36.1 Å². The Morgan fingerprint density at radius 1 is 1.30 bits per heavy atom. The van der Waals surface area contributed by atoms with Crippen LogP contribution in [0.1, 0.15) is 24.4 Å². The van der Waals surface area contributed by atoms with Crippen molar-refractivity contribution in [3.8, 4) is 11.5 Å². The monoisotopic (exact) mass is 273 g/mol. The minimum atomic E-state index is 0.0517. The molecule has 0 amide bonds. The summed E-state index contributed by atoms with van der Waals surface area (Å²) in [6.45, 7) is 4.17. The lowest BCUT2D eigenvalue weighted by Gasteiger charge is -2.22. The van der Waals surface area contributed by atoms with Crippen LogP contribution in [0.15, 0.2) is 30.6 Å². The number of benzene rings is 1. The molecule has 1 N–H and O–H groups in total. The van der Waals surface area contributed by atoms with Gasteiger partial charge in [0, 0.05) is 19.4 Å². The summed E-state index contributed by atoms with van der Waals surface area (Å²) < 4.78 is 13.3. The highest BCUT2D eigenvalue weighted by atomic mass is 16.6. The molecular weight excluding hydrogens is 254 g/mol. The highest BCUT2D eigenvalue weighted by Gasteiger charge is 2.20. The molecule has 3 rings (SSSR count). The minimum Gasteiger partial charge on any atom is -0.486 e. The highest BCUT2D eigenvalue weighted by molar-refractivity contribution is 5.45. The highest BCUT2D eigenvalue weighted by Crippen LogP contribution is 2.33. The van der Waals surface area contributed by atoms with Gasteiger partial charge in [0.2, 0.25) is 0 Å². The molecule has 1 aromatic carbocycles. The van der Waals surface area contributed by atoms with E-state index in [1.165, 1.54) is 0 Å². The number of aromatic nitrogens is 2. The van der Waals surface area contributed by atoms with Gasteiger partial charge in [0.25, 0.3) is 0 Å². The lowest BCUT2D eigenvalue weighted by atomic mass is 10.0. The fraction of sp³-hybridized carbons (Fsp3) is 0.400. The Bertz CT molecular complexity index is 595. The van der Waals surface area contributed by atoms with E-state index in [0.717, 1.165) is 29.4 Å². The predicted octanol–water partition coefficient (Wildman–Crippen LogP) is 1.89. The summed E-state index contributed by atoms with van der Waals surface area (Å²) >= 11 is 0. The average molecular weight is 273 g/mol. The molecule has 2 heterocycles. The number of ether oxygens (including phenoxy) is 2. The zero-order valence-electron chi connectivity index (χ0n) is 11.8. The molecule has 0 saturated heterocycles. The molecule has 0 fully saturated rings. The van der Waals surface area contributed by atoms with Crippen LogP contribution in [-0.4, -0.2) is 29.3 Å². The van der Waals surface area contributed by atoms with E-state index in [-0.39, 0.29) is 6.04 Å². The molecule has 1 atom stereocenters. The Morgan fingerprint density at radius 3 is 2.80 bits per heavy atom. The van der Waals surface area contributed by atoms with Crippen LogP contribution in [0, 0.1) is 0 Å². The van der Waals surface area contributed by atoms with Crippen LogP contribution in [0.2, 0.25) is 0 Å². The van der Waals surface area contributed by atoms with Gasteiger partial charge < -0.3 is 19.4 Å². The molecule has 0 aliphatic carbocycles. The molecular formula is C15H19N3O2. The van der Waals surface area contributed by atoms with Crippen molar-refractivity contribution in [2.45, 2.75) is 13.0 Å². The maximum atomic E-state index is 5.66. The normalized spacial score (nSPS) is 15.1. The lowest BCUT2D eigenvalue weighted by Crippen LogP contribution is -2.25. The van der Waals surface area contributed by atoms with E-state index < -0.39 is 0 Å². The van der Waals surface area contributed by atoms with Gasteiger partial charge in [-0.25, -0.2) is 4.98 Å². The van der Waals surface area contributed by atoms with Gasteiger partial charge in [0.05, 0.1) is 6.04 Å². The number of nitrogens with one attached hydrogen (secondary N) is 1. The molecule has 106 valence electrons. The number of rotatable bonds is 4. The van der Waals surface area contributed by atoms with Crippen molar-refractivity contribution in [3.05, 3.63) is 42.0 Å². The van der Waals surface area contributed by atoms with E-state index in [9.17, 15) is 0 Å². The first kappa shape index (κ1) is 13.0. The van der Waals surface area contributed by atoms with Crippen molar-refractivity contribution in [3.63, 3.8) is 0 Å². The van der Waals surface area contributed by atoms with Crippen molar-refractivity contribution >= 4 is 0 Å². The Kier molecular flexibility index (Phi) is 3.60. The summed E-state index contributed by atoms with van der Waals surface area (Å²) in [7, 11) is 2.00. The minimum absolute atomic E-state index is 0.0517. The van der Waals surface area contributed by atoms with Gasteiger partial charge in [-0.1, -0.05) is 13.0 Å². The number of fused-ring (bicyclic) bond motifs is 1. The summed E-state index contributed by atoms with van der Waals surface area (Å²) in [6.07, 6.45) is 3.77. The Morgan fingerprint density at radius 2 is 2.10 bits per heavy atom. The molecule has 0 bridgehead atoms. The second-order valence-electron chi connectivity index (χ2n) is 4.79. The average Bonchev–Trinajstić information content (AvgIpc) is 2.90. The standard InChI is InChI=1S/C15H19N3O2/c1-3-16-14(15-17-6-7-18(15)2)11-4-5-12-13(10-11)20-9-8-19-12/h4-7,10,14,16H,3,8-9H2,1-2H3. The third kappa shape index (κ3) is 2.36. The third-order valence-electron chi connectivity index (χ3n) is 3.42. The van der Waals surface area contributed by atoms with Crippen molar-refractivity contribution in [2.75, 3.05) is 19.8 Å². The molecule has 2 aromatic rings. The molecule has 20 heavy (non-hydrogen) atoms. The topological polar surface area (TPSA) is 48.3 Å². The predicted molar refractivity (Wildman–Crippen MR) is 76.2 cm³/mol. The second-order valence-corrected chi connectivity index (χ2v) is 4.79. The van der Waals surface area contributed by atoms with Crippen molar-refractivity contribution in [2.24, 2.45) is 7.05 Å². The van der Waals surface area contributed by atoms with E-state index in [0.29, 0.717) is 13.2 Å². The van der Waals surface area contributed by atoms with Crippen LogP contribution in [0.5, 0.6) is 11.5 Å². The summed E-state index contributed by atoms with van der Waals surface area (Å²) in [6, 6.07) is 6.12. The number of imidazole rings is 1. The van der Waals surface area contributed by atoms with Gasteiger partial charge in [-0.3, -0.25) is 0 Å². The van der Waals surface area contributed by atoms with Crippen LogP contribution in [0.25, 0.3) is 0 Å². The van der Waals surface area contributed by atoms with Crippen molar-refractivity contribution < 1.29 is 9.47 Å². The fourth-order valence-electron chi connectivity index (χ4n) is 2.46. The largest absolute Gasteiger partial charge is 0.486 e. The van der Waals surface area contributed by atoms with Gasteiger partial charge in [-0.05, 0) is 24.2 Å². The van der Waals surface area contributed by atoms with E-state index in [1.54, 1.807) is 0 Å². The van der Waals surface area contributed by atoms with Crippen molar-refractivity contribution in [1.82, 2.24) is 14.9 Å². The maximum Gasteiger partial charge on any atom is 0.161 e. The molecule has 0 radical (unpaired) electrons. The van der Waals surface area contributed by atoms with Gasteiger partial charge in [-0.2, -0.15) is 0 Å². The summed E-state index contributed by atoms with van der Waals surface area (Å²) in [4.78, 5) is 4.45. The molecule has 1 aliphatic rings. The summed E-state index contributed by atoms with van der Waals surface area (Å²) in [5, 5.41) is 3.47. The third-order valence-corrected chi connectivity index (χ3v) is 3.42. The smallest absolute Gasteiger partial charge is 0.161 e. The lowest BCUT2D eigenvalue weighted by molar-refractivity contribution is 0.171. The number of hydrogen-bond donors (Lipinski definition) is 1. The Labute approximate surface area is 118 Å². The van der Waals surface area contributed by atoms with E-state index in [2.05, 4.69) is 23.3 Å². The van der Waals surface area contributed by atoms with Crippen LogP contribution in [0.4, 0.5) is 0 Å². The first-order chi connectivity index (χ1) is 9.79. The molecule has 5 nitrogen and oxygen atoms in total. The molecule has 1 aliphatic heterocycles. The first-order valence-corrected chi connectivity index (χ1v) is 6.89. The molecule has 1 aromatic heterocycles. The van der Waals surface area contributed by atoms with Crippen LogP contribution >= 0.6 is 0 Å². The van der Waals surface area contributed by atoms with Crippen molar-refractivity contribution in [1.29, 1.82) is 0 Å². The van der Waals surface area contributed by atoms with Gasteiger partial charge >= 0.3 is 0 Å². The Balaban J connectivity index is 1.97. The number of nitrogens with zero attached hydrogens (tertiary/aromatic N) is 2. The first-order valence-electron chi connectivity index (χ1n) is 6.89. The Hall–Kier alpha value is -2.01. The SMILES string of the molecule is CCNC(c1ccc2c(c1)OCCO2)c1nccn1C. The molecule has 5 heteroatoms. The maximum absolute atomic E-state index is 5.66. The molecule has 0 spiro atoms. The quantitative estimate of drug-likeness (QED) is 0.924. The second kappa shape index (κ2) is 5.54. The zero-order chi connectivity index (χ0) is 13.9. The van der Waals surface area contributed by atoms with Gasteiger partial charge in [0.1, 0.15) is 19.0 Å². The van der Waals surface area contributed by atoms with Crippen LogP contribution < -0.4 is 14.8 Å². The molecule has 0 saturated carbocycles. The van der Waals surface area contributed by atoms with Crippen LogP contribution in [-0.2, 0) is 7.05 Å². The number of aryl methyl sites for hydroxylation is 1. The van der Waals surface area contributed by atoms with Gasteiger partial charge in [-0.15, -0.1) is 0 Å². The fourth-order valence-corrected chi connectivity index (χ4v) is 2.46. The summed E-state index contributed by atoms with van der Waals surface area (Å²) in [5.41, 5.74) is 1.13. The van der Waals surface area contributed by atoms with Crippen LogP contribution in [0.3, 0.4) is 0 Å². The van der Waals surface area contributed by atoms with E-state index in [4.69, 9.17) is 9.47 Å². The van der Waals surface area contributed by atoms with E-state index >= 15 is 0 Å². The number of hydrogen-bond acceptors (Lipinski definition) is 4. The molecule has 1 unspecified atom stereocenters. The zero-order valence-corrected chi connectivity index (χ0v) is 11.8.